The topological polar surface area (TPSA) is 45.6 Å². The maximum absolute atomic E-state index is 14.4. The SMILES string of the molecule is CC(C)N(CC(=O)N(Cc1cccn1Cc1ccccc1Cl)C1CCCCC1)C(=O)c1ccccc1F. The predicted octanol–water partition coefficient (Wildman–Crippen LogP) is 6.54. The zero-order chi connectivity index (χ0) is 26.4. The molecule has 0 spiro atoms. The van der Waals surface area contributed by atoms with Crippen molar-refractivity contribution in [2.45, 2.75) is 71.1 Å². The van der Waals surface area contributed by atoms with Crippen molar-refractivity contribution in [1.82, 2.24) is 14.4 Å². The van der Waals surface area contributed by atoms with Crippen LogP contribution in [-0.4, -0.2) is 44.8 Å². The van der Waals surface area contributed by atoms with Crippen molar-refractivity contribution < 1.29 is 14.0 Å². The standard InChI is InChI=1S/C30H35ClFN3O2/c1-22(2)34(30(37)26-15-7-9-17-28(26)32)21-29(36)35(24-12-4-3-5-13-24)20-25-14-10-18-33(25)19-23-11-6-8-16-27(23)31/h6-11,14-18,22,24H,3-5,12-13,19-21H2,1-2H3. The minimum absolute atomic E-state index is 0.0122. The van der Waals surface area contributed by atoms with Gasteiger partial charge in [-0.1, -0.05) is 61.2 Å². The number of rotatable bonds is 9. The number of amides is 2. The summed E-state index contributed by atoms with van der Waals surface area (Å²) in [4.78, 5) is 30.5. The highest BCUT2D eigenvalue weighted by molar-refractivity contribution is 6.31. The number of carbonyl (C=O) groups excluding carboxylic acids is 2. The first kappa shape index (κ1) is 26.9. The Morgan fingerprint density at radius 3 is 2.41 bits per heavy atom. The molecule has 1 aliphatic carbocycles. The number of hydrogen-bond acceptors (Lipinski definition) is 2. The molecule has 0 unspecified atom stereocenters. The van der Waals surface area contributed by atoms with E-state index in [1.807, 2.05) is 61.3 Å². The molecule has 1 aliphatic rings. The van der Waals surface area contributed by atoms with Crippen molar-refractivity contribution in [3.8, 4) is 0 Å². The first-order valence-corrected chi connectivity index (χ1v) is 13.5. The lowest BCUT2D eigenvalue weighted by atomic mass is 9.94. The fourth-order valence-corrected chi connectivity index (χ4v) is 5.26. The molecule has 1 fully saturated rings. The molecular formula is C30H35ClFN3O2. The van der Waals surface area contributed by atoms with E-state index in [-0.39, 0.29) is 30.1 Å². The van der Waals surface area contributed by atoms with Crippen molar-refractivity contribution >= 4 is 23.4 Å². The van der Waals surface area contributed by atoms with Gasteiger partial charge in [0.1, 0.15) is 12.4 Å². The summed E-state index contributed by atoms with van der Waals surface area (Å²) in [6.45, 7) is 4.67. The third-order valence-electron chi connectivity index (χ3n) is 7.18. The van der Waals surface area contributed by atoms with Crippen molar-refractivity contribution in [3.63, 3.8) is 0 Å². The molecule has 5 nitrogen and oxygen atoms in total. The van der Waals surface area contributed by atoms with Crippen LogP contribution in [0.1, 0.15) is 67.6 Å². The molecule has 0 N–H and O–H groups in total. The number of aromatic nitrogens is 1. The molecule has 0 bridgehead atoms. The van der Waals surface area contributed by atoms with E-state index in [2.05, 4.69) is 4.57 Å². The molecule has 196 valence electrons. The maximum atomic E-state index is 14.4. The van der Waals surface area contributed by atoms with Crippen LogP contribution >= 0.6 is 11.6 Å². The molecule has 2 aromatic carbocycles. The van der Waals surface area contributed by atoms with Crippen LogP contribution in [0.15, 0.2) is 66.9 Å². The van der Waals surface area contributed by atoms with Crippen molar-refractivity contribution in [1.29, 1.82) is 0 Å². The van der Waals surface area contributed by atoms with Gasteiger partial charge in [0, 0.05) is 35.5 Å². The Labute approximate surface area is 223 Å². The highest BCUT2D eigenvalue weighted by Crippen LogP contribution is 2.26. The van der Waals surface area contributed by atoms with E-state index in [1.165, 1.54) is 23.5 Å². The largest absolute Gasteiger partial charge is 0.345 e. The van der Waals surface area contributed by atoms with Crippen LogP contribution in [0.25, 0.3) is 0 Å². The minimum Gasteiger partial charge on any atom is -0.345 e. The fraction of sp³-hybridized carbons (Fsp3) is 0.400. The van der Waals surface area contributed by atoms with Crippen LogP contribution in [0.4, 0.5) is 4.39 Å². The summed E-state index contributed by atoms with van der Waals surface area (Å²) in [5.74, 6) is -1.16. The van der Waals surface area contributed by atoms with E-state index in [1.54, 1.807) is 12.1 Å². The van der Waals surface area contributed by atoms with Gasteiger partial charge in [0.2, 0.25) is 5.91 Å². The molecule has 0 aliphatic heterocycles. The van der Waals surface area contributed by atoms with Crippen molar-refractivity contribution in [2.24, 2.45) is 0 Å². The van der Waals surface area contributed by atoms with E-state index in [9.17, 15) is 14.0 Å². The summed E-state index contributed by atoms with van der Waals surface area (Å²) in [7, 11) is 0. The van der Waals surface area contributed by atoms with Gasteiger partial charge < -0.3 is 14.4 Å². The molecule has 0 saturated heterocycles. The monoisotopic (exact) mass is 523 g/mol. The van der Waals surface area contributed by atoms with Gasteiger partial charge in [-0.05, 0) is 62.6 Å². The summed E-state index contributed by atoms with van der Waals surface area (Å²) >= 11 is 6.41. The highest BCUT2D eigenvalue weighted by atomic mass is 35.5. The molecule has 1 heterocycles. The summed E-state index contributed by atoms with van der Waals surface area (Å²) < 4.78 is 16.5. The fourth-order valence-electron chi connectivity index (χ4n) is 5.06. The Hall–Kier alpha value is -3.12. The molecular weight excluding hydrogens is 489 g/mol. The summed E-state index contributed by atoms with van der Waals surface area (Å²) in [6.07, 6.45) is 7.23. The van der Waals surface area contributed by atoms with Gasteiger partial charge >= 0.3 is 0 Å². The molecule has 2 amide bonds. The van der Waals surface area contributed by atoms with Gasteiger partial charge in [0.05, 0.1) is 12.1 Å². The molecule has 4 rings (SSSR count). The van der Waals surface area contributed by atoms with Gasteiger partial charge in [0.25, 0.3) is 5.91 Å². The Bertz CT molecular complexity index is 1220. The van der Waals surface area contributed by atoms with Crippen LogP contribution in [-0.2, 0) is 17.9 Å². The number of halogens is 2. The maximum Gasteiger partial charge on any atom is 0.257 e. The Morgan fingerprint density at radius 1 is 1.00 bits per heavy atom. The zero-order valence-corrected chi connectivity index (χ0v) is 22.3. The molecule has 3 aromatic rings. The zero-order valence-electron chi connectivity index (χ0n) is 21.6. The van der Waals surface area contributed by atoms with E-state index in [0.717, 1.165) is 36.9 Å². The van der Waals surface area contributed by atoms with Gasteiger partial charge in [-0.3, -0.25) is 9.59 Å². The van der Waals surface area contributed by atoms with Crippen LogP contribution < -0.4 is 0 Å². The van der Waals surface area contributed by atoms with Crippen LogP contribution in [0.3, 0.4) is 0 Å². The highest BCUT2D eigenvalue weighted by Gasteiger charge is 2.30. The average Bonchev–Trinajstić information content (AvgIpc) is 3.33. The van der Waals surface area contributed by atoms with E-state index in [4.69, 9.17) is 11.6 Å². The van der Waals surface area contributed by atoms with E-state index in [0.29, 0.717) is 18.1 Å². The number of nitrogens with zero attached hydrogens (tertiary/aromatic N) is 3. The summed E-state index contributed by atoms with van der Waals surface area (Å²) in [5, 5.41) is 0.710. The third-order valence-corrected chi connectivity index (χ3v) is 7.55. The molecule has 1 saturated carbocycles. The lowest BCUT2D eigenvalue weighted by Crippen LogP contribution is -2.49. The normalized spacial score (nSPS) is 14.1. The Balaban J connectivity index is 1.57. The second kappa shape index (κ2) is 12.4. The first-order valence-electron chi connectivity index (χ1n) is 13.1. The van der Waals surface area contributed by atoms with Crippen molar-refractivity contribution in [3.05, 3.63) is 94.5 Å². The molecule has 7 heteroatoms. The Morgan fingerprint density at radius 2 is 1.70 bits per heavy atom. The Kier molecular flexibility index (Phi) is 9.04. The van der Waals surface area contributed by atoms with Crippen LogP contribution in [0, 0.1) is 5.82 Å². The summed E-state index contributed by atoms with van der Waals surface area (Å²) in [5.41, 5.74) is 2.01. The summed E-state index contributed by atoms with van der Waals surface area (Å²) in [6, 6.07) is 17.6. The molecule has 0 radical (unpaired) electrons. The van der Waals surface area contributed by atoms with Crippen LogP contribution in [0.2, 0.25) is 5.02 Å². The van der Waals surface area contributed by atoms with Gasteiger partial charge in [-0.2, -0.15) is 0 Å². The number of benzene rings is 2. The molecule has 37 heavy (non-hydrogen) atoms. The van der Waals surface area contributed by atoms with Gasteiger partial charge in [0.15, 0.2) is 0 Å². The van der Waals surface area contributed by atoms with Crippen molar-refractivity contribution in [2.75, 3.05) is 6.54 Å². The molecule has 0 atom stereocenters. The molecule has 1 aromatic heterocycles. The number of carbonyl (C=O) groups is 2. The quantitative estimate of drug-likeness (QED) is 0.319. The predicted molar refractivity (Wildman–Crippen MR) is 145 cm³/mol. The second-order valence-electron chi connectivity index (χ2n) is 10.0. The smallest absolute Gasteiger partial charge is 0.257 e. The van der Waals surface area contributed by atoms with Gasteiger partial charge in [-0.25, -0.2) is 4.39 Å². The lowest BCUT2D eigenvalue weighted by molar-refractivity contribution is -0.136. The first-order chi connectivity index (χ1) is 17.8. The minimum atomic E-state index is -0.577. The van der Waals surface area contributed by atoms with Crippen LogP contribution in [0.5, 0.6) is 0 Å². The average molecular weight is 524 g/mol. The second-order valence-corrected chi connectivity index (χ2v) is 10.4. The van der Waals surface area contributed by atoms with E-state index >= 15 is 0 Å². The van der Waals surface area contributed by atoms with E-state index < -0.39 is 11.7 Å². The lowest BCUT2D eigenvalue weighted by Gasteiger charge is -2.37. The number of hydrogen-bond donors (Lipinski definition) is 0. The van der Waals surface area contributed by atoms with Gasteiger partial charge in [-0.15, -0.1) is 0 Å². The third kappa shape index (κ3) is 6.61.